The van der Waals surface area contributed by atoms with Crippen molar-refractivity contribution < 1.29 is 9.53 Å². The molecule has 0 aliphatic rings. The molecule has 0 radical (unpaired) electrons. The number of esters is 1. The summed E-state index contributed by atoms with van der Waals surface area (Å²) in [6.07, 6.45) is 0. The van der Waals surface area contributed by atoms with Crippen molar-refractivity contribution in [2.45, 2.75) is 26.2 Å². The maximum atomic E-state index is 12.4. The second kappa shape index (κ2) is 6.08. The topological polar surface area (TPSA) is 39.2 Å². The van der Waals surface area contributed by atoms with Gasteiger partial charge in [-0.3, -0.25) is 0 Å². The monoisotopic (exact) mass is 319 g/mol. The van der Waals surface area contributed by atoms with Gasteiger partial charge in [0, 0.05) is 16.4 Å². The molecule has 0 spiro atoms. The van der Waals surface area contributed by atoms with Crippen LogP contribution in [0, 0.1) is 0 Å². The van der Waals surface area contributed by atoms with Crippen LogP contribution in [-0.2, 0) is 10.2 Å². The largest absolute Gasteiger partial charge is 0.464 e. The summed E-state index contributed by atoms with van der Waals surface area (Å²) in [5.74, 6) is -0.412. The van der Waals surface area contributed by atoms with Gasteiger partial charge in [0.2, 0.25) is 0 Å². The third-order valence-electron chi connectivity index (χ3n) is 4.06. The molecule has 0 atom stereocenters. The van der Waals surface area contributed by atoms with Crippen LogP contribution in [0.15, 0.2) is 54.6 Å². The van der Waals surface area contributed by atoms with E-state index in [0.29, 0.717) is 5.69 Å². The lowest BCUT2D eigenvalue weighted by Gasteiger charge is -2.23. The lowest BCUT2D eigenvalue weighted by Crippen LogP contribution is -2.18. The summed E-state index contributed by atoms with van der Waals surface area (Å²) < 4.78 is 5.01. The van der Waals surface area contributed by atoms with E-state index in [9.17, 15) is 4.79 Å². The van der Waals surface area contributed by atoms with Crippen molar-refractivity contribution in [2.75, 3.05) is 7.11 Å². The standard InChI is InChI=1S/C21H21NO2/c1-21(2,3)19-16-13-9-8-12-15(16)17(14-10-6-5-7-11-14)18(22-19)20(23)24-4/h5-13H,1-4H3. The lowest BCUT2D eigenvalue weighted by atomic mass is 9.85. The Hall–Kier alpha value is -2.68. The highest BCUT2D eigenvalue weighted by Crippen LogP contribution is 2.36. The Kier molecular flexibility index (Phi) is 4.10. The Morgan fingerprint density at radius 2 is 1.50 bits per heavy atom. The van der Waals surface area contributed by atoms with Gasteiger partial charge in [-0.15, -0.1) is 0 Å². The first-order valence-electron chi connectivity index (χ1n) is 8.00. The summed E-state index contributed by atoms with van der Waals surface area (Å²) in [6.45, 7) is 6.31. The minimum Gasteiger partial charge on any atom is -0.464 e. The molecule has 3 nitrogen and oxygen atoms in total. The maximum absolute atomic E-state index is 12.4. The van der Waals surface area contributed by atoms with Gasteiger partial charge in [0.15, 0.2) is 5.69 Å². The van der Waals surface area contributed by atoms with E-state index in [1.54, 1.807) is 0 Å². The van der Waals surface area contributed by atoms with Crippen LogP contribution in [0.2, 0.25) is 0 Å². The summed E-state index contributed by atoms with van der Waals surface area (Å²) in [5, 5.41) is 2.08. The van der Waals surface area contributed by atoms with E-state index in [4.69, 9.17) is 9.72 Å². The zero-order chi connectivity index (χ0) is 17.3. The molecular formula is C21H21NO2. The van der Waals surface area contributed by atoms with E-state index in [1.807, 2.05) is 48.5 Å². The predicted molar refractivity (Wildman–Crippen MR) is 97.2 cm³/mol. The molecule has 0 fully saturated rings. The van der Waals surface area contributed by atoms with Crippen LogP contribution in [0.1, 0.15) is 37.0 Å². The first-order chi connectivity index (χ1) is 11.4. The van der Waals surface area contributed by atoms with E-state index in [-0.39, 0.29) is 5.41 Å². The van der Waals surface area contributed by atoms with Gasteiger partial charge in [-0.05, 0) is 10.9 Å². The Balaban J connectivity index is 2.48. The van der Waals surface area contributed by atoms with Crippen molar-refractivity contribution in [3.05, 3.63) is 66.0 Å². The summed E-state index contributed by atoms with van der Waals surface area (Å²) in [7, 11) is 1.39. The Morgan fingerprint density at radius 3 is 2.08 bits per heavy atom. The maximum Gasteiger partial charge on any atom is 0.357 e. The van der Waals surface area contributed by atoms with Crippen LogP contribution in [-0.4, -0.2) is 18.1 Å². The third-order valence-corrected chi connectivity index (χ3v) is 4.06. The fourth-order valence-corrected chi connectivity index (χ4v) is 2.98. The van der Waals surface area contributed by atoms with Gasteiger partial charge < -0.3 is 4.74 Å². The molecule has 24 heavy (non-hydrogen) atoms. The van der Waals surface area contributed by atoms with Crippen LogP contribution in [0.5, 0.6) is 0 Å². The van der Waals surface area contributed by atoms with Crippen molar-refractivity contribution in [3.8, 4) is 11.1 Å². The number of fused-ring (bicyclic) bond motifs is 1. The van der Waals surface area contributed by atoms with Crippen molar-refractivity contribution in [1.82, 2.24) is 4.98 Å². The number of carbonyl (C=O) groups is 1. The summed E-state index contributed by atoms with van der Waals surface area (Å²) in [5.41, 5.74) is 2.87. The normalized spacial score (nSPS) is 11.5. The molecule has 0 saturated heterocycles. The van der Waals surface area contributed by atoms with Gasteiger partial charge in [0.1, 0.15) is 0 Å². The van der Waals surface area contributed by atoms with Gasteiger partial charge in [-0.2, -0.15) is 0 Å². The highest BCUT2D eigenvalue weighted by Gasteiger charge is 2.26. The van der Waals surface area contributed by atoms with Gasteiger partial charge in [0.05, 0.1) is 12.8 Å². The predicted octanol–water partition coefficient (Wildman–Crippen LogP) is 4.99. The molecule has 0 bridgehead atoms. The van der Waals surface area contributed by atoms with Gasteiger partial charge >= 0.3 is 5.97 Å². The molecule has 3 heteroatoms. The zero-order valence-corrected chi connectivity index (χ0v) is 14.5. The number of methoxy groups -OCH3 is 1. The molecule has 122 valence electrons. The fourth-order valence-electron chi connectivity index (χ4n) is 2.98. The zero-order valence-electron chi connectivity index (χ0n) is 14.5. The molecule has 1 aromatic heterocycles. The minimum absolute atomic E-state index is 0.183. The van der Waals surface area contributed by atoms with Crippen molar-refractivity contribution in [3.63, 3.8) is 0 Å². The van der Waals surface area contributed by atoms with Crippen molar-refractivity contribution in [1.29, 1.82) is 0 Å². The Bertz CT molecular complexity index is 893. The SMILES string of the molecule is COC(=O)c1nc(C(C)(C)C)c2ccccc2c1-c1ccccc1. The quantitative estimate of drug-likeness (QED) is 0.625. The summed E-state index contributed by atoms with van der Waals surface area (Å²) in [4.78, 5) is 17.2. The van der Waals surface area contributed by atoms with E-state index in [2.05, 4.69) is 26.8 Å². The van der Waals surface area contributed by atoms with Crippen LogP contribution < -0.4 is 0 Å². The minimum atomic E-state index is -0.412. The molecule has 0 aliphatic heterocycles. The molecule has 0 amide bonds. The molecule has 2 aromatic carbocycles. The average molecular weight is 319 g/mol. The van der Waals surface area contributed by atoms with Gasteiger partial charge in [0.25, 0.3) is 0 Å². The highest BCUT2D eigenvalue weighted by molar-refractivity contribution is 6.07. The van der Waals surface area contributed by atoms with E-state index in [1.165, 1.54) is 7.11 Å². The molecule has 3 aromatic rings. The van der Waals surface area contributed by atoms with Crippen molar-refractivity contribution in [2.24, 2.45) is 0 Å². The Labute approximate surface area is 142 Å². The molecule has 0 N–H and O–H groups in total. The van der Waals surface area contributed by atoms with E-state index >= 15 is 0 Å². The first kappa shape index (κ1) is 16.2. The number of hydrogen-bond donors (Lipinski definition) is 0. The van der Waals surface area contributed by atoms with E-state index in [0.717, 1.165) is 27.6 Å². The molecular weight excluding hydrogens is 298 g/mol. The molecule has 3 rings (SSSR count). The summed E-state index contributed by atoms with van der Waals surface area (Å²) >= 11 is 0. The summed E-state index contributed by atoms with van der Waals surface area (Å²) in [6, 6.07) is 18.0. The second-order valence-electron chi connectivity index (χ2n) is 6.84. The molecule has 0 saturated carbocycles. The second-order valence-corrected chi connectivity index (χ2v) is 6.84. The van der Waals surface area contributed by atoms with Crippen LogP contribution >= 0.6 is 0 Å². The van der Waals surface area contributed by atoms with Gasteiger partial charge in [-0.25, -0.2) is 9.78 Å². The third kappa shape index (κ3) is 2.78. The first-order valence-corrected chi connectivity index (χ1v) is 8.00. The molecule has 0 aliphatic carbocycles. The number of ether oxygens (including phenoxy) is 1. The molecule has 0 unspecified atom stereocenters. The molecule has 1 heterocycles. The van der Waals surface area contributed by atoms with Gasteiger partial charge in [-0.1, -0.05) is 75.4 Å². The number of rotatable bonds is 2. The Morgan fingerprint density at radius 1 is 0.917 bits per heavy atom. The lowest BCUT2D eigenvalue weighted by molar-refractivity contribution is 0.0595. The number of hydrogen-bond acceptors (Lipinski definition) is 3. The number of benzene rings is 2. The van der Waals surface area contributed by atoms with Crippen LogP contribution in [0.25, 0.3) is 21.9 Å². The van der Waals surface area contributed by atoms with E-state index < -0.39 is 5.97 Å². The highest BCUT2D eigenvalue weighted by atomic mass is 16.5. The van der Waals surface area contributed by atoms with Crippen LogP contribution in [0.4, 0.5) is 0 Å². The number of carbonyl (C=O) groups excluding carboxylic acids is 1. The fraction of sp³-hybridized carbons (Fsp3) is 0.238. The van der Waals surface area contributed by atoms with Crippen LogP contribution in [0.3, 0.4) is 0 Å². The number of pyridine rings is 1. The smallest absolute Gasteiger partial charge is 0.357 e. The number of aromatic nitrogens is 1. The number of nitrogens with zero attached hydrogens (tertiary/aromatic N) is 1. The van der Waals surface area contributed by atoms with Crippen molar-refractivity contribution >= 4 is 16.7 Å². The average Bonchev–Trinajstić information content (AvgIpc) is 2.59.